The molecule has 0 fully saturated rings. The molecule has 0 unspecified atom stereocenters. The van der Waals surface area contributed by atoms with E-state index in [2.05, 4.69) is 5.32 Å². The number of nitrogens with one attached hydrogen (secondary N) is 1. The largest absolute Gasteiger partial charge is 0.493 e. The lowest BCUT2D eigenvalue weighted by Crippen LogP contribution is -2.33. The van der Waals surface area contributed by atoms with Crippen LogP contribution in [0.25, 0.3) is 0 Å². The SMILES string of the molecule is NS(=O)(=O)c1ccc(CCNC(=O)[C@H]2CCOc3ccccc3C2)cc1. The first-order valence-electron chi connectivity index (χ1n) is 8.53. The molecule has 1 amide bonds. The van der Waals surface area contributed by atoms with Crippen molar-refractivity contribution in [1.29, 1.82) is 0 Å². The highest BCUT2D eigenvalue weighted by molar-refractivity contribution is 7.89. The molecule has 2 aromatic rings. The number of amides is 1. The van der Waals surface area contributed by atoms with Gasteiger partial charge in [0.25, 0.3) is 0 Å². The van der Waals surface area contributed by atoms with Crippen molar-refractivity contribution < 1.29 is 17.9 Å². The Labute approximate surface area is 153 Å². The molecule has 1 atom stereocenters. The standard InChI is InChI=1S/C19H22N2O4S/c20-26(23,24)17-7-5-14(6-8-17)9-11-21-19(22)16-10-12-25-18-4-2-1-3-15(18)13-16/h1-8,16H,9-13H2,(H,21,22)(H2,20,23,24)/t16-/m0/s1. The summed E-state index contributed by atoms with van der Waals surface area (Å²) in [6, 6.07) is 14.2. The molecule has 1 aliphatic rings. The summed E-state index contributed by atoms with van der Waals surface area (Å²) in [6.07, 6.45) is 1.98. The van der Waals surface area contributed by atoms with E-state index in [1.807, 2.05) is 24.3 Å². The molecule has 26 heavy (non-hydrogen) atoms. The zero-order valence-corrected chi connectivity index (χ0v) is 15.2. The summed E-state index contributed by atoms with van der Waals surface area (Å²) in [4.78, 5) is 12.6. The van der Waals surface area contributed by atoms with E-state index in [-0.39, 0.29) is 16.7 Å². The Morgan fingerprint density at radius 2 is 1.88 bits per heavy atom. The van der Waals surface area contributed by atoms with Gasteiger partial charge >= 0.3 is 0 Å². The van der Waals surface area contributed by atoms with Crippen LogP contribution in [0.4, 0.5) is 0 Å². The third-order valence-corrected chi connectivity index (χ3v) is 5.43. The molecular weight excluding hydrogens is 352 g/mol. The van der Waals surface area contributed by atoms with Crippen LogP contribution in [0.2, 0.25) is 0 Å². The van der Waals surface area contributed by atoms with Gasteiger partial charge in [-0.3, -0.25) is 4.79 Å². The van der Waals surface area contributed by atoms with Crippen LogP contribution < -0.4 is 15.2 Å². The monoisotopic (exact) mass is 374 g/mol. The first-order valence-corrected chi connectivity index (χ1v) is 10.1. The van der Waals surface area contributed by atoms with Gasteiger partial charge in [-0.15, -0.1) is 0 Å². The molecule has 0 bridgehead atoms. The molecular formula is C19H22N2O4S. The van der Waals surface area contributed by atoms with Crippen LogP contribution >= 0.6 is 0 Å². The fourth-order valence-electron chi connectivity index (χ4n) is 3.04. The van der Waals surface area contributed by atoms with Crippen LogP contribution in [-0.2, 0) is 27.7 Å². The molecule has 0 saturated carbocycles. The van der Waals surface area contributed by atoms with Gasteiger partial charge < -0.3 is 10.1 Å². The summed E-state index contributed by atoms with van der Waals surface area (Å²) in [5, 5.41) is 8.05. The van der Waals surface area contributed by atoms with Crippen molar-refractivity contribution in [2.45, 2.75) is 24.2 Å². The third-order valence-electron chi connectivity index (χ3n) is 4.50. The second kappa shape index (κ2) is 7.88. The van der Waals surface area contributed by atoms with Gasteiger partial charge in [0.05, 0.1) is 11.5 Å². The number of carbonyl (C=O) groups excluding carboxylic acids is 1. The Balaban J connectivity index is 1.53. The van der Waals surface area contributed by atoms with Crippen molar-refractivity contribution in [2.24, 2.45) is 11.1 Å². The number of hydrogen-bond donors (Lipinski definition) is 2. The van der Waals surface area contributed by atoms with Crippen molar-refractivity contribution in [3.63, 3.8) is 0 Å². The second-order valence-electron chi connectivity index (χ2n) is 6.38. The summed E-state index contributed by atoms with van der Waals surface area (Å²) < 4.78 is 28.2. The van der Waals surface area contributed by atoms with Crippen molar-refractivity contribution in [2.75, 3.05) is 13.2 Å². The first kappa shape index (κ1) is 18.4. The van der Waals surface area contributed by atoms with E-state index >= 15 is 0 Å². The number of sulfonamides is 1. The van der Waals surface area contributed by atoms with E-state index in [4.69, 9.17) is 9.88 Å². The lowest BCUT2D eigenvalue weighted by molar-refractivity contribution is -0.125. The lowest BCUT2D eigenvalue weighted by Gasteiger charge is -2.14. The van der Waals surface area contributed by atoms with Crippen LogP contribution in [0.1, 0.15) is 17.5 Å². The van der Waals surface area contributed by atoms with Gasteiger partial charge in [0.2, 0.25) is 15.9 Å². The molecule has 0 saturated heterocycles. The van der Waals surface area contributed by atoms with Gasteiger partial charge in [-0.25, -0.2) is 13.6 Å². The average molecular weight is 374 g/mol. The first-order chi connectivity index (χ1) is 12.4. The summed E-state index contributed by atoms with van der Waals surface area (Å²) in [7, 11) is -3.68. The number of benzene rings is 2. The predicted molar refractivity (Wildman–Crippen MR) is 98.3 cm³/mol. The Morgan fingerprint density at radius 1 is 1.15 bits per heavy atom. The van der Waals surface area contributed by atoms with E-state index in [0.29, 0.717) is 32.4 Å². The summed E-state index contributed by atoms with van der Waals surface area (Å²) in [5.41, 5.74) is 2.00. The topological polar surface area (TPSA) is 98.5 Å². The predicted octanol–water partition coefficient (Wildman–Crippen LogP) is 1.63. The number of ether oxygens (including phenoxy) is 1. The number of nitrogens with two attached hydrogens (primary N) is 1. The number of carbonyl (C=O) groups is 1. The lowest BCUT2D eigenvalue weighted by atomic mass is 9.96. The minimum Gasteiger partial charge on any atom is -0.493 e. The molecule has 0 spiro atoms. The molecule has 6 nitrogen and oxygen atoms in total. The molecule has 2 aromatic carbocycles. The maximum atomic E-state index is 12.5. The molecule has 0 aromatic heterocycles. The molecule has 138 valence electrons. The molecule has 3 rings (SSSR count). The Morgan fingerprint density at radius 3 is 2.62 bits per heavy atom. The summed E-state index contributed by atoms with van der Waals surface area (Å²) in [6.45, 7) is 1.02. The Kier molecular flexibility index (Phi) is 5.58. The van der Waals surface area contributed by atoms with Crippen LogP contribution in [0.3, 0.4) is 0 Å². The summed E-state index contributed by atoms with van der Waals surface area (Å²) >= 11 is 0. The highest BCUT2D eigenvalue weighted by atomic mass is 32.2. The van der Waals surface area contributed by atoms with Crippen LogP contribution in [0.15, 0.2) is 53.4 Å². The minimum atomic E-state index is -3.68. The number of para-hydroxylation sites is 1. The number of primary sulfonamides is 1. The molecule has 1 aliphatic heterocycles. The minimum absolute atomic E-state index is 0.0199. The van der Waals surface area contributed by atoms with Crippen molar-refractivity contribution in [3.05, 3.63) is 59.7 Å². The highest BCUT2D eigenvalue weighted by Gasteiger charge is 2.23. The van der Waals surface area contributed by atoms with E-state index < -0.39 is 10.0 Å². The van der Waals surface area contributed by atoms with E-state index in [9.17, 15) is 13.2 Å². The fourth-order valence-corrected chi connectivity index (χ4v) is 3.55. The maximum absolute atomic E-state index is 12.5. The third kappa shape index (κ3) is 4.62. The quantitative estimate of drug-likeness (QED) is 0.831. The van der Waals surface area contributed by atoms with Crippen LogP contribution in [-0.4, -0.2) is 27.5 Å². The zero-order valence-electron chi connectivity index (χ0n) is 14.4. The van der Waals surface area contributed by atoms with Crippen LogP contribution in [0, 0.1) is 5.92 Å². The molecule has 3 N–H and O–H groups in total. The van der Waals surface area contributed by atoms with E-state index in [0.717, 1.165) is 16.9 Å². The molecule has 7 heteroatoms. The molecule has 1 heterocycles. The van der Waals surface area contributed by atoms with Gasteiger partial charge in [-0.1, -0.05) is 30.3 Å². The van der Waals surface area contributed by atoms with Gasteiger partial charge in [0.15, 0.2) is 0 Å². The Bertz CT molecular complexity index is 879. The highest BCUT2D eigenvalue weighted by Crippen LogP contribution is 2.26. The normalized spacial score (nSPS) is 16.9. The van der Waals surface area contributed by atoms with Crippen LogP contribution in [0.5, 0.6) is 5.75 Å². The number of hydrogen-bond acceptors (Lipinski definition) is 4. The second-order valence-corrected chi connectivity index (χ2v) is 7.94. The molecule has 0 radical (unpaired) electrons. The van der Waals surface area contributed by atoms with E-state index in [1.54, 1.807) is 12.1 Å². The smallest absolute Gasteiger partial charge is 0.238 e. The number of fused-ring (bicyclic) bond motifs is 1. The summed E-state index contributed by atoms with van der Waals surface area (Å²) in [5.74, 6) is 0.771. The fraction of sp³-hybridized carbons (Fsp3) is 0.316. The zero-order chi connectivity index (χ0) is 18.6. The van der Waals surface area contributed by atoms with Gasteiger partial charge in [-0.05, 0) is 48.6 Å². The van der Waals surface area contributed by atoms with Gasteiger partial charge in [0.1, 0.15) is 5.75 Å². The molecule has 0 aliphatic carbocycles. The van der Waals surface area contributed by atoms with Gasteiger partial charge in [0, 0.05) is 12.5 Å². The maximum Gasteiger partial charge on any atom is 0.238 e. The van der Waals surface area contributed by atoms with Gasteiger partial charge in [-0.2, -0.15) is 0 Å². The number of rotatable bonds is 5. The average Bonchev–Trinajstić information content (AvgIpc) is 2.84. The van der Waals surface area contributed by atoms with Crippen molar-refractivity contribution >= 4 is 15.9 Å². The van der Waals surface area contributed by atoms with Crippen molar-refractivity contribution in [1.82, 2.24) is 5.32 Å². The van der Waals surface area contributed by atoms with E-state index in [1.165, 1.54) is 12.1 Å². The van der Waals surface area contributed by atoms with Crippen molar-refractivity contribution in [3.8, 4) is 5.75 Å². The Hall–Kier alpha value is -2.38.